The molecule has 8 nitrogen and oxygen atoms in total. The van der Waals surface area contributed by atoms with E-state index in [0.717, 1.165) is 6.41 Å². The molecule has 2 saturated heterocycles. The van der Waals surface area contributed by atoms with Gasteiger partial charge < -0.3 is 19.4 Å². The van der Waals surface area contributed by atoms with E-state index in [-0.39, 0.29) is 23.4 Å². The fourth-order valence-corrected chi connectivity index (χ4v) is 3.04. The summed E-state index contributed by atoms with van der Waals surface area (Å²) in [5, 5.41) is 9.33. The van der Waals surface area contributed by atoms with Crippen LogP contribution in [0, 0.1) is 17.2 Å². The molecule has 0 bridgehead atoms. The Bertz CT molecular complexity index is 568. The van der Waals surface area contributed by atoms with Gasteiger partial charge in [-0.05, 0) is 19.8 Å². The van der Waals surface area contributed by atoms with Crippen molar-refractivity contribution >= 4 is 18.3 Å². The van der Waals surface area contributed by atoms with Crippen molar-refractivity contribution in [3.05, 3.63) is 11.8 Å². The molecule has 25 heavy (non-hydrogen) atoms. The number of ether oxygens (including phenoxy) is 1. The molecule has 2 aliphatic rings. The number of nitriles is 1. The van der Waals surface area contributed by atoms with Crippen LogP contribution in [-0.2, 0) is 19.1 Å². The molecule has 2 rings (SSSR count). The van der Waals surface area contributed by atoms with Crippen LogP contribution in [0.1, 0.15) is 19.8 Å². The molecule has 0 aromatic carbocycles. The first-order chi connectivity index (χ1) is 12.1. The second-order valence-corrected chi connectivity index (χ2v) is 6.15. The zero-order valence-corrected chi connectivity index (χ0v) is 14.5. The molecule has 2 heterocycles. The van der Waals surface area contributed by atoms with Gasteiger partial charge in [-0.25, -0.2) is 0 Å². The first-order valence-corrected chi connectivity index (χ1v) is 8.60. The van der Waals surface area contributed by atoms with Crippen molar-refractivity contribution in [1.82, 2.24) is 14.7 Å². The molecule has 0 saturated carbocycles. The van der Waals surface area contributed by atoms with Gasteiger partial charge in [-0.3, -0.25) is 14.4 Å². The minimum atomic E-state index is -0.303. The highest BCUT2D eigenvalue weighted by Crippen LogP contribution is 2.20. The van der Waals surface area contributed by atoms with Crippen LogP contribution in [0.2, 0.25) is 0 Å². The molecule has 0 aliphatic carbocycles. The molecule has 8 heteroatoms. The number of rotatable bonds is 5. The smallest absolute Gasteiger partial charge is 0.309 e. The van der Waals surface area contributed by atoms with Crippen LogP contribution in [0.5, 0.6) is 0 Å². The van der Waals surface area contributed by atoms with Crippen molar-refractivity contribution in [2.75, 3.05) is 45.9 Å². The van der Waals surface area contributed by atoms with E-state index in [9.17, 15) is 19.6 Å². The first kappa shape index (κ1) is 18.8. The monoisotopic (exact) mass is 348 g/mol. The van der Waals surface area contributed by atoms with Crippen LogP contribution < -0.4 is 0 Å². The van der Waals surface area contributed by atoms with Crippen LogP contribution in [0.15, 0.2) is 11.8 Å². The average Bonchev–Trinajstić information content (AvgIpc) is 2.66. The lowest BCUT2D eigenvalue weighted by Crippen LogP contribution is -2.44. The molecule has 0 atom stereocenters. The van der Waals surface area contributed by atoms with Gasteiger partial charge in [0.1, 0.15) is 11.6 Å². The fourth-order valence-electron chi connectivity index (χ4n) is 3.04. The maximum absolute atomic E-state index is 12.6. The summed E-state index contributed by atoms with van der Waals surface area (Å²) in [5.74, 6) is -0.684. The number of piperazine rings is 1. The summed E-state index contributed by atoms with van der Waals surface area (Å²) < 4.78 is 5.02. The summed E-state index contributed by atoms with van der Waals surface area (Å²) in [6, 6.07) is 1.98. The third-order valence-electron chi connectivity index (χ3n) is 4.56. The van der Waals surface area contributed by atoms with E-state index in [2.05, 4.69) is 0 Å². The summed E-state index contributed by atoms with van der Waals surface area (Å²) in [6.07, 6.45) is 3.51. The Balaban J connectivity index is 1.90. The summed E-state index contributed by atoms with van der Waals surface area (Å²) in [4.78, 5) is 40.2. The maximum atomic E-state index is 12.6. The van der Waals surface area contributed by atoms with Crippen LogP contribution in [0.4, 0.5) is 0 Å². The highest BCUT2D eigenvalue weighted by Gasteiger charge is 2.29. The molecule has 0 N–H and O–H groups in total. The Labute approximate surface area is 147 Å². The van der Waals surface area contributed by atoms with Crippen molar-refractivity contribution in [3.63, 3.8) is 0 Å². The maximum Gasteiger partial charge on any atom is 0.309 e. The highest BCUT2D eigenvalue weighted by atomic mass is 16.5. The molecule has 0 aromatic rings. The molecule has 136 valence electrons. The van der Waals surface area contributed by atoms with E-state index < -0.39 is 0 Å². The SMILES string of the molecule is CCOC(=O)C1CCN(C(=O)/C(C#N)=C\N2CCN(C=O)CC2)CC1. The Morgan fingerprint density at radius 3 is 2.24 bits per heavy atom. The van der Waals surface area contributed by atoms with Gasteiger partial charge >= 0.3 is 5.97 Å². The topological polar surface area (TPSA) is 93.9 Å². The second kappa shape index (κ2) is 9.06. The number of carbonyl (C=O) groups is 3. The number of likely N-dealkylation sites (tertiary alicyclic amines) is 1. The zero-order chi connectivity index (χ0) is 18.2. The normalized spacial score (nSPS) is 19.4. The number of esters is 1. The number of amides is 2. The molecule has 2 amide bonds. The number of hydrogen-bond donors (Lipinski definition) is 0. The van der Waals surface area contributed by atoms with Crippen molar-refractivity contribution in [3.8, 4) is 6.07 Å². The van der Waals surface area contributed by atoms with Gasteiger partial charge in [0.15, 0.2) is 0 Å². The van der Waals surface area contributed by atoms with Gasteiger partial charge in [0.2, 0.25) is 6.41 Å². The van der Waals surface area contributed by atoms with Crippen LogP contribution in [0.3, 0.4) is 0 Å². The number of piperidine rings is 1. The molecule has 0 spiro atoms. The molecule has 0 unspecified atom stereocenters. The van der Waals surface area contributed by atoms with Crippen LogP contribution >= 0.6 is 0 Å². The Hall–Kier alpha value is -2.56. The van der Waals surface area contributed by atoms with Gasteiger partial charge in [-0.1, -0.05) is 0 Å². The number of hydrogen-bond acceptors (Lipinski definition) is 6. The van der Waals surface area contributed by atoms with Gasteiger partial charge in [-0.2, -0.15) is 5.26 Å². The lowest BCUT2D eigenvalue weighted by molar-refractivity contribution is -0.150. The van der Waals surface area contributed by atoms with Crippen LogP contribution in [-0.4, -0.2) is 78.9 Å². The van der Waals surface area contributed by atoms with Gasteiger partial charge in [0.25, 0.3) is 5.91 Å². The van der Waals surface area contributed by atoms with Crippen molar-refractivity contribution in [2.45, 2.75) is 19.8 Å². The van der Waals surface area contributed by atoms with Crippen molar-refractivity contribution in [2.24, 2.45) is 5.92 Å². The molecule has 0 radical (unpaired) electrons. The lowest BCUT2D eigenvalue weighted by atomic mass is 9.96. The predicted octanol–water partition coefficient (Wildman–Crippen LogP) is -0.0304. The summed E-state index contributed by atoms with van der Waals surface area (Å²) in [6.45, 7) is 5.38. The Morgan fingerprint density at radius 1 is 1.12 bits per heavy atom. The Morgan fingerprint density at radius 2 is 1.72 bits per heavy atom. The van der Waals surface area contributed by atoms with Crippen molar-refractivity contribution in [1.29, 1.82) is 5.26 Å². The lowest BCUT2D eigenvalue weighted by Gasteiger charge is -2.33. The van der Waals surface area contributed by atoms with Gasteiger partial charge in [-0.15, -0.1) is 0 Å². The first-order valence-electron chi connectivity index (χ1n) is 8.60. The van der Waals surface area contributed by atoms with E-state index in [1.54, 1.807) is 22.9 Å². The summed E-state index contributed by atoms with van der Waals surface area (Å²) in [5.41, 5.74) is 0.0918. The third kappa shape index (κ3) is 4.95. The average molecular weight is 348 g/mol. The third-order valence-corrected chi connectivity index (χ3v) is 4.56. The second-order valence-electron chi connectivity index (χ2n) is 6.15. The molecule has 2 aliphatic heterocycles. The number of nitrogens with zero attached hydrogens (tertiary/aromatic N) is 4. The zero-order valence-electron chi connectivity index (χ0n) is 14.5. The minimum absolute atomic E-state index is 0.0918. The molecule has 2 fully saturated rings. The largest absolute Gasteiger partial charge is 0.466 e. The predicted molar refractivity (Wildman–Crippen MR) is 88.8 cm³/mol. The summed E-state index contributed by atoms with van der Waals surface area (Å²) >= 11 is 0. The van der Waals surface area contributed by atoms with Crippen molar-refractivity contribution < 1.29 is 19.1 Å². The van der Waals surface area contributed by atoms with Crippen LogP contribution in [0.25, 0.3) is 0 Å². The highest BCUT2D eigenvalue weighted by molar-refractivity contribution is 5.97. The molecular weight excluding hydrogens is 324 g/mol. The standard InChI is InChI=1S/C17H24N4O4/c1-2-25-17(24)14-3-5-21(6-4-14)16(23)15(11-18)12-19-7-9-20(13-22)10-8-19/h12-14H,2-10H2,1H3/b15-12-. The van der Waals surface area contributed by atoms with E-state index >= 15 is 0 Å². The molecule has 0 aromatic heterocycles. The van der Waals surface area contributed by atoms with E-state index in [4.69, 9.17) is 4.74 Å². The quantitative estimate of drug-likeness (QED) is 0.300. The van der Waals surface area contributed by atoms with Gasteiger partial charge in [0.05, 0.1) is 12.5 Å². The number of carbonyl (C=O) groups excluding carboxylic acids is 3. The van der Waals surface area contributed by atoms with E-state index in [0.29, 0.717) is 58.7 Å². The summed E-state index contributed by atoms with van der Waals surface area (Å²) in [7, 11) is 0. The molecular formula is C17H24N4O4. The van der Waals surface area contributed by atoms with Gasteiger partial charge in [0, 0.05) is 45.5 Å². The minimum Gasteiger partial charge on any atom is -0.466 e. The van der Waals surface area contributed by atoms with E-state index in [1.165, 1.54) is 0 Å². The fraction of sp³-hybridized carbons (Fsp3) is 0.647. The van der Waals surface area contributed by atoms with E-state index in [1.807, 2.05) is 11.0 Å². The Kier molecular flexibility index (Phi) is 6.81.